The maximum Gasteiger partial charge on any atom is 0.263 e. The number of aromatic amines is 1. The lowest BCUT2D eigenvalue weighted by molar-refractivity contribution is 0.0947. The van der Waals surface area contributed by atoms with Crippen molar-refractivity contribution in [3.63, 3.8) is 0 Å². The molecule has 5 aromatic rings. The van der Waals surface area contributed by atoms with Crippen molar-refractivity contribution in [2.45, 2.75) is 20.0 Å². The molecule has 0 aliphatic carbocycles. The summed E-state index contributed by atoms with van der Waals surface area (Å²) in [5.41, 5.74) is 2.86. The molecule has 34 heavy (non-hydrogen) atoms. The van der Waals surface area contributed by atoms with Crippen LogP contribution in [-0.2, 0) is 13.1 Å². The van der Waals surface area contributed by atoms with Gasteiger partial charge in [-0.25, -0.2) is 4.98 Å². The maximum atomic E-state index is 12.9. The van der Waals surface area contributed by atoms with Crippen LogP contribution in [-0.4, -0.2) is 30.6 Å². The average Bonchev–Trinajstić information content (AvgIpc) is 3.48. The van der Waals surface area contributed by atoms with Gasteiger partial charge in [-0.2, -0.15) is 4.98 Å². The van der Waals surface area contributed by atoms with Gasteiger partial charge in [-0.3, -0.25) is 9.59 Å². The molecule has 4 aromatic heterocycles. The van der Waals surface area contributed by atoms with Crippen molar-refractivity contribution < 1.29 is 9.32 Å². The van der Waals surface area contributed by atoms with Crippen molar-refractivity contribution in [2.24, 2.45) is 0 Å². The Morgan fingerprint density at radius 1 is 1.24 bits per heavy atom. The van der Waals surface area contributed by atoms with Crippen LogP contribution in [0, 0.1) is 6.92 Å². The van der Waals surface area contributed by atoms with Crippen molar-refractivity contribution in [1.29, 1.82) is 0 Å². The van der Waals surface area contributed by atoms with Gasteiger partial charge in [-0.1, -0.05) is 28.9 Å². The van der Waals surface area contributed by atoms with E-state index in [2.05, 4.69) is 25.4 Å². The number of rotatable bonds is 6. The number of halogens is 1. The van der Waals surface area contributed by atoms with Gasteiger partial charge < -0.3 is 19.4 Å². The van der Waals surface area contributed by atoms with Gasteiger partial charge in [-0.05, 0) is 48.4 Å². The van der Waals surface area contributed by atoms with E-state index in [1.165, 1.54) is 10.6 Å². The number of carbonyl (C=O) groups excluding carboxylic acids is 1. The van der Waals surface area contributed by atoms with E-state index in [0.717, 1.165) is 22.1 Å². The molecule has 0 unspecified atom stereocenters. The van der Waals surface area contributed by atoms with Gasteiger partial charge in [0, 0.05) is 29.0 Å². The number of pyridine rings is 2. The van der Waals surface area contributed by atoms with Crippen LogP contribution in [0.4, 0.5) is 0 Å². The number of carbonyl (C=O) groups is 1. The second-order valence-electron chi connectivity index (χ2n) is 7.74. The van der Waals surface area contributed by atoms with Crippen LogP contribution in [0.2, 0.25) is 5.02 Å². The topological polar surface area (TPSA) is 119 Å². The third kappa shape index (κ3) is 4.20. The Morgan fingerprint density at radius 3 is 2.97 bits per heavy atom. The molecule has 1 amide bonds. The van der Waals surface area contributed by atoms with Gasteiger partial charge in [0.05, 0.1) is 18.7 Å². The van der Waals surface area contributed by atoms with E-state index in [-0.39, 0.29) is 17.9 Å². The fourth-order valence-electron chi connectivity index (χ4n) is 3.59. The van der Waals surface area contributed by atoms with E-state index in [1.54, 1.807) is 24.7 Å². The third-order valence-electron chi connectivity index (χ3n) is 5.41. The van der Waals surface area contributed by atoms with Crippen molar-refractivity contribution in [1.82, 2.24) is 30.0 Å². The van der Waals surface area contributed by atoms with E-state index in [1.807, 2.05) is 37.3 Å². The van der Waals surface area contributed by atoms with Crippen molar-refractivity contribution in [3.8, 4) is 11.5 Å². The first kappa shape index (κ1) is 21.6. The Labute approximate surface area is 198 Å². The summed E-state index contributed by atoms with van der Waals surface area (Å²) in [7, 11) is 0. The Bertz CT molecular complexity index is 1570. The van der Waals surface area contributed by atoms with Gasteiger partial charge in [0.15, 0.2) is 5.82 Å². The molecule has 0 saturated carbocycles. The van der Waals surface area contributed by atoms with Gasteiger partial charge in [-0.15, -0.1) is 0 Å². The predicted molar refractivity (Wildman–Crippen MR) is 127 cm³/mol. The fraction of sp³-hybridized carbons (Fsp3) is 0.125. The number of fused-ring (bicyclic) bond motifs is 1. The number of nitrogens with zero attached hydrogens (tertiary/aromatic N) is 4. The Kier molecular flexibility index (Phi) is 5.69. The second-order valence-corrected chi connectivity index (χ2v) is 8.15. The highest BCUT2D eigenvalue weighted by molar-refractivity contribution is 6.31. The maximum absolute atomic E-state index is 12.9. The third-order valence-corrected chi connectivity index (χ3v) is 5.82. The average molecular weight is 475 g/mol. The first-order valence-electron chi connectivity index (χ1n) is 10.5. The molecule has 4 heterocycles. The van der Waals surface area contributed by atoms with Crippen molar-refractivity contribution in [2.75, 3.05) is 0 Å². The molecule has 2 N–H and O–H groups in total. The smallest absolute Gasteiger partial charge is 0.263 e. The number of hydrogen-bond donors (Lipinski definition) is 2. The summed E-state index contributed by atoms with van der Waals surface area (Å²) >= 11 is 6.19. The van der Waals surface area contributed by atoms with Crippen molar-refractivity contribution in [3.05, 3.63) is 98.9 Å². The molecular formula is C24H19ClN6O3. The van der Waals surface area contributed by atoms with Crippen LogP contribution >= 0.6 is 11.6 Å². The molecule has 0 spiro atoms. The molecule has 0 fully saturated rings. The lowest BCUT2D eigenvalue weighted by Crippen LogP contribution is -2.32. The first-order valence-corrected chi connectivity index (χ1v) is 10.8. The summed E-state index contributed by atoms with van der Waals surface area (Å²) < 4.78 is 6.81. The van der Waals surface area contributed by atoms with Gasteiger partial charge in [0.2, 0.25) is 0 Å². The number of aryl methyl sites for hydroxylation is 1. The monoisotopic (exact) mass is 474 g/mol. The molecule has 5 rings (SSSR count). The molecule has 0 saturated heterocycles. The van der Waals surface area contributed by atoms with Gasteiger partial charge >= 0.3 is 0 Å². The van der Waals surface area contributed by atoms with Crippen LogP contribution < -0.4 is 10.9 Å². The minimum Gasteiger partial charge on any atom is -0.345 e. The minimum absolute atomic E-state index is 0.00480. The Hall–Kier alpha value is -4.24. The molecule has 0 radical (unpaired) electrons. The highest BCUT2D eigenvalue weighted by Gasteiger charge is 2.16. The van der Waals surface area contributed by atoms with E-state index in [9.17, 15) is 9.59 Å². The number of nitrogens with one attached hydrogen (secondary N) is 2. The van der Waals surface area contributed by atoms with E-state index in [4.69, 9.17) is 16.1 Å². The van der Waals surface area contributed by atoms with Crippen molar-refractivity contribution >= 4 is 28.5 Å². The second kappa shape index (κ2) is 8.95. The van der Waals surface area contributed by atoms with Crippen LogP contribution in [0.1, 0.15) is 27.3 Å². The molecular weight excluding hydrogens is 456 g/mol. The number of aromatic nitrogens is 5. The molecule has 10 heteroatoms. The first-order chi connectivity index (χ1) is 16.5. The standard InChI is InChI=1S/C24H19ClN6O3/c1-14-6-7-15(10-19(14)25)13-31-9-3-5-17(24(31)33)22(32)28-12-20-29-23(34-30-20)18-11-27-21-16(18)4-2-8-26-21/h2-11H,12-13H2,1H3,(H,26,27)(H,28,32). The fourth-order valence-corrected chi connectivity index (χ4v) is 3.79. The molecule has 0 atom stereocenters. The normalized spacial score (nSPS) is 11.1. The lowest BCUT2D eigenvalue weighted by Gasteiger charge is -2.09. The number of H-pyrrole nitrogens is 1. The zero-order valence-corrected chi connectivity index (χ0v) is 18.8. The molecule has 9 nitrogen and oxygen atoms in total. The predicted octanol–water partition coefficient (Wildman–Crippen LogP) is 3.71. The zero-order valence-electron chi connectivity index (χ0n) is 18.1. The van der Waals surface area contributed by atoms with E-state index < -0.39 is 11.5 Å². The summed E-state index contributed by atoms with van der Waals surface area (Å²) in [5, 5.41) is 8.08. The Morgan fingerprint density at radius 2 is 2.12 bits per heavy atom. The van der Waals surface area contributed by atoms with Crippen LogP contribution in [0.25, 0.3) is 22.5 Å². The summed E-state index contributed by atoms with van der Waals surface area (Å²) in [6, 6.07) is 12.5. The zero-order chi connectivity index (χ0) is 23.7. The minimum atomic E-state index is -0.524. The highest BCUT2D eigenvalue weighted by Crippen LogP contribution is 2.25. The van der Waals surface area contributed by atoms with Gasteiger partial charge in [0.25, 0.3) is 17.4 Å². The number of amides is 1. The molecule has 1 aromatic carbocycles. The summed E-state index contributed by atoms with van der Waals surface area (Å²) in [6.07, 6.45) is 5.06. The molecule has 0 bridgehead atoms. The molecule has 170 valence electrons. The van der Waals surface area contributed by atoms with Crippen LogP contribution in [0.15, 0.2) is 70.4 Å². The summed E-state index contributed by atoms with van der Waals surface area (Å²) in [6.45, 7) is 2.21. The summed E-state index contributed by atoms with van der Waals surface area (Å²) in [4.78, 5) is 37.2. The number of hydrogen-bond acceptors (Lipinski definition) is 6. The lowest BCUT2D eigenvalue weighted by atomic mass is 10.1. The van der Waals surface area contributed by atoms with Gasteiger partial charge in [0.1, 0.15) is 11.2 Å². The van der Waals surface area contributed by atoms with E-state index >= 15 is 0 Å². The molecule has 0 aliphatic heterocycles. The largest absolute Gasteiger partial charge is 0.345 e. The number of benzene rings is 1. The molecule has 0 aliphatic rings. The summed E-state index contributed by atoms with van der Waals surface area (Å²) in [5.74, 6) is 0.0680. The Balaban J connectivity index is 1.29. The SMILES string of the molecule is Cc1ccc(Cn2cccc(C(=O)NCc3noc(-c4c[nH]c5ncccc45)n3)c2=O)cc1Cl. The van der Waals surface area contributed by atoms with Crippen LogP contribution in [0.5, 0.6) is 0 Å². The van der Waals surface area contributed by atoms with E-state index in [0.29, 0.717) is 23.1 Å². The quantitative estimate of drug-likeness (QED) is 0.387. The highest BCUT2D eigenvalue weighted by atomic mass is 35.5. The van der Waals surface area contributed by atoms with Crippen LogP contribution in [0.3, 0.4) is 0 Å².